The summed E-state index contributed by atoms with van der Waals surface area (Å²) in [7, 11) is 1.47. The third-order valence-electron chi connectivity index (χ3n) is 2.76. The van der Waals surface area contributed by atoms with Gasteiger partial charge in [0.1, 0.15) is 0 Å². The van der Waals surface area contributed by atoms with E-state index in [0.717, 1.165) is 17.1 Å². The van der Waals surface area contributed by atoms with Crippen LogP contribution in [-0.4, -0.2) is 29.4 Å². The van der Waals surface area contributed by atoms with E-state index in [9.17, 15) is 18.0 Å². The third kappa shape index (κ3) is 2.98. The summed E-state index contributed by atoms with van der Waals surface area (Å²) in [6.45, 7) is 0.310. The number of thiazole rings is 1. The fraction of sp³-hybridized carbons (Fsp3) is 0.231. The minimum Gasteiger partial charge on any atom is -0.341 e. The van der Waals surface area contributed by atoms with Crippen LogP contribution in [0.1, 0.15) is 15.4 Å². The lowest BCUT2D eigenvalue weighted by molar-refractivity contribution is 0.0790. The first-order valence-corrected chi connectivity index (χ1v) is 6.66. The van der Waals surface area contributed by atoms with Gasteiger partial charge in [-0.3, -0.25) is 4.79 Å². The Labute approximate surface area is 117 Å². The highest BCUT2D eigenvalue weighted by atomic mass is 32.1. The van der Waals surface area contributed by atoms with Crippen LogP contribution in [-0.2, 0) is 6.42 Å². The van der Waals surface area contributed by atoms with E-state index in [0.29, 0.717) is 13.0 Å². The normalized spacial score (nSPS) is 10.6. The molecule has 106 valence electrons. The van der Waals surface area contributed by atoms with Crippen molar-refractivity contribution in [2.45, 2.75) is 6.42 Å². The van der Waals surface area contributed by atoms with Gasteiger partial charge in [0.05, 0.1) is 10.6 Å². The molecule has 0 saturated heterocycles. The van der Waals surface area contributed by atoms with E-state index < -0.39 is 28.9 Å². The molecule has 0 radical (unpaired) electrons. The first-order valence-electron chi connectivity index (χ1n) is 5.78. The molecule has 0 bridgehead atoms. The van der Waals surface area contributed by atoms with Gasteiger partial charge in [0.25, 0.3) is 5.91 Å². The van der Waals surface area contributed by atoms with Crippen molar-refractivity contribution in [3.63, 3.8) is 0 Å². The summed E-state index contributed by atoms with van der Waals surface area (Å²) in [5.74, 6) is -5.11. The van der Waals surface area contributed by atoms with E-state index in [2.05, 4.69) is 4.98 Å². The van der Waals surface area contributed by atoms with E-state index in [4.69, 9.17) is 0 Å². The average Bonchev–Trinajstić information content (AvgIpc) is 2.95. The molecule has 0 saturated carbocycles. The van der Waals surface area contributed by atoms with Gasteiger partial charge in [0.2, 0.25) is 0 Å². The minimum atomic E-state index is -1.64. The zero-order chi connectivity index (χ0) is 14.7. The van der Waals surface area contributed by atoms with Crippen LogP contribution in [0.5, 0.6) is 0 Å². The van der Waals surface area contributed by atoms with Crippen molar-refractivity contribution < 1.29 is 18.0 Å². The topological polar surface area (TPSA) is 33.2 Å². The van der Waals surface area contributed by atoms with Crippen molar-refractivity contribution in [2.75, 3.05) is 13.6 Å². The number of benzene rings is 1. The molecular formula is C13H11F3N2OS. The molecule has 0 N–H and O–H groups in total. The highest BCUT2D eigenvalue weighted by Crippen LogP contribution is 2.17. The first-order chi connectivity index (χ1) is 9.50. The number of hydrogen-bond acceptors (Lipinski definition) is 3. The molecule has 1 aromatic carbocycles. The Bertz CT molecular complexity index is 616. The smallest absolute Gasteiger partial charge is 0.256 e. The number of rotatable bonds is 4. The molecule has 2 rings (SSSR count). The van der Waals surface area contributed by atoms with Crippen LogP contribution in [0.4, 0.5) is 13.2 Å². The van der Waals surface area contributed by atoms with E-state index in [1.807, 2.05) is 5.38 Å². The summed E-state index contributed by atoms with van der Waals surface area (Å²) in [6.07, 6.45) is 2.17. The summed E-state index contributed by atoms with van der Waals surface area (Å²) < 4.78 is 39.4. The van der Waals surface area contributed by atoms with E-state index in [1.165, 1.54) is 23.3 Å². The van der Waals surface area contributed by atoms with Crippen molar-refractivity contribution in [3.8, 4) is 0 Å². The molecule has 0 unspecified atom stereocenters. The number of carbonyl (C=O) groups excluding carboxylic acids is 1. The van der Waals surface area contributed by atoms with Crippen LogP contribution in [0.25, 0.3) is 0 Å². The van der Waals surface area contributed by atoms with Gasteiger partial charge in [0, 0.05) is 31.6 Å². The van der Waals surface area contributed by atoms with Gasteiger partial charge < -0.3 is 4.90 Å². The fourth-order valence-corrected chi connectivity index (χ4v) is 2.25. The second kappa shape index (κ2) is 6.04. The maximum Gasteiger partial charge on any atom is 0.256 e. The number of amides is 1. The van der Waals surface area contributed by atoms with Crippen molar-refractivity contribution in [1.82, 2.24) is 9.88 Å². The minimum absolute atomic E-state index is 0.310. The summed E-state index contributed by atoms with van der Waals surface area (Å²) in [5, 5.41) is 2.65. The molecule has 1 amide bonds. The molecule has 1 aromatic heterocycles. The largest absolute Gasteiger partial charge is 0.341 e. The van der Waals surface area contributed by atoms with Gasteiger partial charge >= 0.3 is 0 Å². The molecule has 0 atom stereocenters. The quantitative estimate of drug-likeness (QED) is 0.814. The number of hydrogen-bond donors (Lipinski definition) is 0. The molecule has 0 aliphatic rings. The van der Waals surface area contributed by atoms with E-state index >= 15 is 0 Å². The summed E-state index contributed by atoms with van der Waals surface area (Å²) in [5.41, 5.74) is -0.481. The highest BCUT2D eigenvalue weighted by Gasteiger charge is 2.21. The van der Waals surface area contributed by atoms with Crippen LogP contribution in [0.2, 0.25) is 0 Å². The van der Waals surface area contributed by atoms with Crippen molar-refractivity contribution >= 4 is 17.2 Å². The molecule has 20 heavy (non-hydrogen) atoms. The van der Waals surface area contributed by atoms with Gasteiger partial charge in [-0.2, -0.15) is 0 Å². The Kier molecular flexibility index (Phi) is 4.39. The maximum atomic E-state index is 13.5. The number of aromatic nitrogens is 1. The molecule has 2 aromatic rings. The Morgan fingerprint density at radius 3 is 2.70 bits per heavy atom. The summed E-state index contributed by atoms with van der Waals surface area (Å²) in [4.78, 5) is 17.3. The molecule has 1 heterocycles. The average molecular weight is 300 g/mol. The van der Waals surface area contributed by atoms with Gasteiger partial charge in [-0.25, -0.2) is 18.2 Å². The predicted molar refractivity (Wildman–Crippen MR) is 69.1 cm³/mol. The SMILES string of the molecule is CN(CCc1nccs1)C(=O)c1ccc(F)c(F)c1F. The number of nitrogens with zero attached hydrogens (tertiary/aromatic N) is 2. The summed E-state index contributed by atoms with van der Waals surface area (Å²) >= 11 is 1.45. The van der Waals surface area contributed by atoms with Crippen LogP contribution in [0, 0.1) is 17.5 Å². The van der Waals surface area contributed by atoms with Crippen molar-refractivity contribution in [2.24, 2.45) is 0 Å². The Hall–Kier alpha value is -1.89. The Morgan fingerprint density at radius 2 is 2.05 bits per heavy atom. The van der Waals surface area contributed by atoms with Crippen LogP contribution in [0.15, 0.2) is 23.7 Å². The van der Waals surface area contributed by atoms with Gasteiger partial charge in [-0.05, 0) is 12.1 Å². The highest BCUT2D eigenvalue weighted by molar-refractivity contribution is 7.09. The maximum absolute atomic E-state index is 13.5. The van der Waals surface area contributed by atoms with Crippen LogP contribution in [0.3, 0.4) is 0 Å². The van der Waals surface area contributed by atoms with Crippen LogP contribution >= 0.6 is 11.3 Å². The second-order valence-corrected chi connectivity index (χ2v) is 5.10. The summed E-state index contributed by atoms with van der Waals surface area (Å²) in [6, 6.07) is 1.68. The molecule has 7 heteroatoms. The Morgan fingerprint density at radius 1 is 1.30 bits per heavy atom. The lowest BCUT2D eigenvalue weighted by atomic mass is 10.1. The molecule has 0 fully saturated rings. The monoisotopic (exact) mass is 300 g/mol. The lowest BCUT2D eigenvalue weighted by Gasteiger charge is -2.17. The fourth-order valence-electron chi connectivity index (χ4n) is 1.64. The molecule has 0 spiro atoms. The first kappa shape index (κ1) is 14.5. The number of halogens is 3. The molecule has 0 aliphatic carbocycles. The van der Waals surface area contributed by atoms with Crippen molar-refractivity contribution in [1.29, 1.82) is 0 Å². The van der Waals surface area contributed by atoms with E-state index in [1.54, 1.807) is 6.20 Å². The van der Waals surface area contributed by atoms with Crippen molar-refractivity contribution in [3.05, 3.63) is 51.7 Å². The predicted octanol–water partition coefficient (Wildman–Crippen LogP) is 2.88. The van der Waals surface area contributed by atoms with E-state index in [-0.39, 0.29) is 0 Å². The lowest BCUT2D eigenvalue weighted by Crippen LogP contribution is -2.29. The van der Waals surface area contributed by atoms with Gasteiger partial charge in [-0.15, -0.1) is 11.3 Å². The third-order valence-corrected chi connectivity index (χ3v) is 3.60. The van der Waals surface area contributed by atoms with Crippen LogP contribution < -0.4 is 0 Å². The number of likely N-dealkylation sites (N-methyl/N-ethyl adjacent to an activating group) is 1. The molecular weight excluding hydrogens is 289 g/mol. The Balaban J connectivity index is 2.09. The molecule has 3 nitrogen and oxygen atoms in total. The van der Waals surface area contributed by atoms with Gasteiger partial charge in [0.15, 0.2) is 17.5 Å². The standard InChI is InChI=1S/C13H11F3N2OS/c1-18(6-4-10-17-5-7-20-10)13(19)8-2-3-9(14)12(16)11(8)15/h2-3,5,7H,4,6H2,1H3. The molecule has 0 aliphatic heterocycles. The van der Waals surface area contributed by atoms with Gasteiger partial charge in [-0.1, -0.05) is 0 Å². The zero-order valence-corrected chi connectivity index (χ0v) is 11.4. The second-order valence-electron chi connectivity index (χ2n) is 4.13. The zero-order valence-electron chi connectivity index (χ0n) is 10.6. The number of carbonyl (C=O) groups is 1.